The van der Waals surface area contributed by atoms with Gasteiger partial charge in [0.25, 0.3) is 0 Å². The van der Waals surface area contributed by atoms with Crippen molar-refractivity contribution in [2.24, 2.45) is 0 Å². The molecule has 0 aromatic heterocycles. The van der Waals surface area contributed by atoms with Crippen molar-refractivity contribution in [1.82, 2.24) is 4.90 Å². The fourth-order valence-electron chi connectivity index (χ4n) is 3.29. The molecule has 0 saturated carbocycles. The minimum Gasteiger partial charge on any atom is -0.486 e. The summed E-state index contributed by atoms with van der Waals surface area (Å²) in [6, 6.07) is 5.31. The molecule has 1 atom stereocenters. The summed E-state index contributed by atoms with van der Waals surface area (Å²) in [6.45, 7) is 7.93. The monoisotopic (exact) mass is 305 g/mol. The molecule has 2 aliphatic heterocycles. The molecule has 21 heavy (non-hydrogen) atoms. The molecule has 2 heterocycles. The fraction of sp³-hybridized carbons (Fsp3) is 0.471. The van der Waals surface area contributed by atoms with Crippen molar-refractivity contribution in [2.75, 3.05) is 13.1 Å². The van der Waals surface area contributed by atoms with Gasteiger partial charge in [-0.1, -0.05) is 18.2 Å². The largest absolute Gasteiger partial charge is 0.486 e. The van der Waals surface area contributed by atoms with Crippen LogP contribution in [0.15, 0.2) is 30.5 Å². The Morgan fingerprint density at radius 2 is 2.19 bits per heavy atom. The van der Waals surface area contributed by atoms with E-state index in [1.165, 1.54) is 0 Å². The van der Waals surface area contributed by atoms with Gasteiger partial charge in [-0.2, -0.15) is 0 Å². The minimum absolute atomic E-state index is 0.141. The number of benzene rings is 1. The van der Waals surface area contributed by atoms with E-state index in [1.807, 2.05) is 13.0 Å². The van der Waals surface area contributed by atoms with Gasteiger partial charge in [-0.15, -0.1) is 0 Å². The number of fused-ring (bicyclic) bond motifs is 1. The van der Waals surface area contributed by atoms with Crippen LogP contribution in [0.1, 0.15) is 43.0 Å². The second kappa shape index (κ2) is 5.38. The third kappa shape index (κ3) is 2.80. The van der Waals surface area contributed by atoms with E-state index in [-0.39, 0.29) is 11.4 Å². The SMILES string of the molecule is C=C(C)N1CCCC2(CC1)CC(=O)c1cc(Cl)ccc1O2. The summed E-state index contributed by atoms with van der Waals surface area (Å²) in [4.78, 5) is 14.7. The predicted octanol–water partition coefficient (Wildman–Crippen LogP) is 4.06. The maximum absolute atomic E-state index is 12.5. The van der Waals surface area contributed by atoms with E-state index in [0.717, 1.165) is 38.0 Å². The number of hydrogen-bond donors (Lipinski definition) is 0. The second-order valence-electron chi connectivity index (χ2n) is 6.10. The zero-order valence-corrected chi connectivity index (χ0v) is 13.1. The number of Topliss-reactive ketones (excluding diaryl/α,β-unsaturated/α-hetero) is 1. The van der Waals surface area contributed by atoms with E-state index >= 15 is 0 Å². The topological polar surface area (TPSA) is 29.5 Å². The molecule has 1 aromatic carbocycles. The summed E-state index contributed by atoms with van der Waals surface area (Å²) in [6.07, 6.45) is 3.23. The summed E-state index contributed by atoms with van der Waals surface area (Å²) >= 11 is 5.98. The highest BCUT2D eigenvalue weighted by Gasteiger charge is 2.41. The highest BCUT2D eigenvalue weighted by atomic mass is 35.5. The minimum atomic E-state index is -0.359. The van der Waals surface area contributed by atoms with Crippen molar-refractivity contribution in [2.45, 2.75) is 38.2 Å². The number of rotatable bonds is 1. The van der Waals surface area contributed by atoms with Crippen LogP contribution in [0.5, 0.6) is 5.75 Å². The Morgan fingerprint density at radius 1 is 1.38 bits per heavy atom. The zero-order valence-electron chi connectivity index (χ0n) is 12.3. The molecule has 112 valence electrons. The molecular weight excluding hydrogens is 286 g/mol. The maximum Gasteiger partial charge on any atom is 0.170 e. The van der Waals surface area contributed by atoms with Gasteiger partial charge in [-0.05, 0) is 38.0 Å². The number of hydrogen-bond acceptors (Lipinski definition) is 3. The standard InChI is InChI=1S/C17H20ClNO2/c1-12(2)19-8-3-6-17(7-9-19)11-15(20)14-10-13(18)4-5-16(14)21-17/h4-5,10H,1,3,6-9,11H2,2H3. The first-order valence-electron chi connectivity index (χ1n) is 7.41. The predicted molar refractivity (Wildman–Crippen MR) is 84.0 cm³/mol. The van der Waals surface area contributed by atoms with Crippen molar-refractivity contribution < 1.29 is 9.53 Å². The van der Waals surface area contributed by atoms with E-state index in [1.54, 1.807) is 12.1 Å². The lowest BCUT2D eigenvalue weighted by molar-refractivity contribution is 0.0306. The van der Waals surface area contributed by atoms with Crippen LogP contribution in [-0.4, -0.2) is 29.4 Å². The smallest absolute Gasteiger partial charge is 0.170 e. The van der Waals surface area contributed by atoms with Crippen molar-refractivity contribution in [3.8, 4) is 5.75 Å². The third-order valence-corrected chi connectivity index (χ3v) is 4.72. The van der Waals surface area contributed by atoms with Crippen molar-refractivity contribution in [3.63, 3.8) is 0 Å². The average Bonchev–Trinajstić information content (AvgIpc) is 2.63. The molecule has 1 spiro atoms. The van der Waals surface area contributed by atoms with Crippen LogP contribution in [0.3, 0.4) is 0 Å². The normalized spacial score (nSPS) is 25.2. The number of halogens is 1. The second-order valence-corrected chi connectivity index (χ2v) is 6.54. The van der Waals surface area contributed by atoms with Crippen LogP contribution in [0.25, 0.3) is 0 Å². The van der Waals surface area contributed by atoms with E-state index in [2.05, 4.69) is 11.5 Å². The molecular formula is C17H20ClNO2. The molecule has 1 aromatic rings. The molecule has 0 amide bonds. The third-order valence-electron chi connectivity index (χ3n) is 4.49. The Hall–Kier alpha value is -1.48. The Kier molecular flexibility index (Phi) is 3.70. The summed E-state index contributed by atoms with van der Waals surface area (Å²) in [5.74, 6) is 0.821. The van der Waals surface area contributed by atoms with Crippen LogP contribution in [0.2, 0.25) is 5.02 Å². The van der Waals surface area contributed by atoms with Crippen LogP contribution in [0, 0.1) is 0 Å². The van der Waals surface area contributed by atoms with Gasteiger partial charge >= 0.3 is 0 Å². The maximum atomic E-state index is 12.5. The van der Waals surface area contributed by atoms with E-state index in [9.17, 15) is 4.79 Å². The van der Waals surface area contributed by atoms with Crippen LogP contribution >= 0.6 is 11.6 Å². The molecule has 4 heteroatoms. The van der Waals surface area contributed by atoms with Crippen LogP contribution < -0.4 is 4.74 Å². The van der Waals surface area contributed by atoms with Gasteiger partial charge in [0.05, 0.1) is 12.0 Å². The van der Waals surface area contributed by atoms with Crippen molar-refractivity contribution in [3.05, 3.63) is 41.1 Å². The quantitative estimate of drug-likeness (QED) is 0.783. The summed E-state index contributed by atoms with van der Waals surface area (Å²) in [7, 11) is 0. The summed E-state index contributed by atoms with van der Waals surface area (Å²) < 4.78 is 6.26. The molecule has 0 radical (unpaired) electrons. The molecule has 2 aliphatic rings. The Labute approximate surface area is 130 Å². The number of likely N-dealkylation sites (tertiary alicyclic amines) is 1. The molecule has 1 unspecified atom stereocenters. The Bertz CT molecular complexity index is 598. The average molecular weight is 306 g/mol. The highest BCUT2D eigenvalue weighted by Crippen LogP contribution is 2.40. The first kappa shape index (κ1) is 14.5. The number of carbonyl (C=O) groups excluding carboxylic acids is 1. The summed E-state index contributed by atoms with van der Waals surface area (Å²) in [5.41, 5.74) is 1.35. The lowest BCUT2D eigenvalue weighted by Crippen LogP contribution is -2.42. The van der Waals surface area contributed by atoms with Gasteiger partial charge in [0.15, 0.2) is 5.78 Å². The molecule has 1 fully saturated rings. The first-order valence-corrected chi connectivity index (χ1v) is 7.79. The van der Waals surface area contributed by atoms with Crippen molar-refractivity contribution >= 4 is 17.4 Å². The molecule has 3 nitrogen and oxygen atoms in total. The lowest BCUT2D eigenvalue weighted by atomic mass is 9.84. The van der Waals surface area contributed by atoms with E-state index in [4.69, 9.17) is 16.3 Å². The van der Waals surface area contributed by atoms with Gasteiger partial charge in [0, 0.05) is 30.2 Å². The highest BCUT2D eigenvalue weighted by molar-refractivity contribution is 6.31. The molecule has 0 N–H and O–H groups in total. The Balaban J connectivity index is 1.86. The molecule has 1 saturated heterocycles. The molecule has 0 bridgehead atoms. The number of ether oxygens (including phenoxy) is 1. The summed E-state index contributed by atoms with van der Waals surface area (Å²) in [5, 5.41) is 0.580. The zero-order chi connectivity index (χ0) is 15.0. The molecule has 3 rings (SSSR count). The molecule has 0 aliphatic carbocycles. The first-order chi connectivity index (χ1) is 9.99. The fourth-order valence-corrected chi connectivity index (χ4v) is 3.47. The van der Waals surface area contributed by atoms with E-state index < -0.39 is 0 Å². The van der Waals surface area contributed by atoms with Gasteiger partial charge in [-0.25, -0.2) is 0 Å². The van der Waals surface area contributed by atoms with Gasteiger partial charge in [0.2, 0.25) is 0 Å². The number of nitrogens with zero attached hydrogens (tertiary/aromatic N) is 1. The van der Waals surface area contributed by atoms with Crippen LogP contribution in [0.4, 0.5) is 0 Å². The van der Waals surface area contributed by atoms with E-state index in [0.29, 0.717) is 22.8 Å². The van der Waals surface area contributed by atoms with Gasteiger partial charge in [-0.3, -0.25) is 4.79 Å². The number of allylic oxidation sites excluding steroid dienone is 1. The van der Waals surface area contributed by atoms with Crippen LogP contribution in [-0.2, 0) is 0 Å². The number of ketones is 1. The van der Waals surface area contributed by atoms with Gasteiger partial charge in [0.1, 0.15) is 11.4 Å². The Morgan fingerprint density at radius 3 is 2.95 bits per heavy atom. The lowest BCUT2D eigenvalue weighted by Gasteiger charge is -2.37. The van der Waals surface area contributed by atoms with Crippen molar-refractivity contribution in [1.29, 1.82) is 0 Å². The van der Waals surface area contributed by atoms with Gasteiger partial charge < -0.3 is 9.64 Å². The number of carbonyl (C=O) groups is 1.